The number of carbonyl (C=O) groups excluding carboxylic acids is 2. The first-order chi connectivity index (χ1) is 7.04. The molecule has 0 spiro atoms. The summed E-state index contributed by atoms with van der Waals surface area (Å²) >= 11 is 0. The van der Waals surface area contributed by atoms with Crippen molar-refractivity contribution in [2.24, 2.45) is 0 Å². The van der Waals surface area contributed by atoms with Gasteiger partial charge in [-0.2, -0.15) is 0 Å². The fraction of sp³-hybridized carbons (Fsp3) is 0.778. The molecule has 2 N–H and O–H groups in total. The van der Waals surface area contributed by atoms with Crippen molar-refractivity contribution in [3.05, 3.63) is 0 Å². The van der Waals surface area contributed by atoms with E-state index in [4.69, 9.17) is 4.74 Å². The van der Waals surface area contributed by atoms with Gasteiger partial charge in [-0.15, -0.1) is 0 Å². The van der Waals surface area contributed by atoms with E-state index < -0.39 is 12.1 Å². The SMILES string of the molecule is COCC(O)CN(C)C1CC(=O)NC1=O. The summed E-state index contributed by atoms with van der Waals surface area (Å²) in [5, 5.41) is 11.7. The average Bonchev–Trinajstić information content (AvgIpc) is 2.45. The Kier molecular flexibility index (Phi) is 4.19. The van der Waals surface area contributed by atoms with E-state index in [9.17, 15) is 14.7 Å². The summed E-state index contributed by atoms with van der Waals surface area (Å²) in [5.41, 5.74) is 0. The summed E-state index contributed by atoms with van der Waals surface area (Å²) in [5.74, 6) is -0.565. The highest BCUT2D eigenvalue weighted by atomic mass is 16.5. The van der Waals surface area contributed by atoms with Crippen LogP contribution >= 0.6 is 0 Å². The number of carbonyl (C=O) groups is 2. The van der Waals surface area contributed by atoms with Crippen molar-refractivity contribution in [1.82, 2.24) is 10.2 Å². The molecule has 1 saturated heterocycles. The minimum absolute atomic E-state index is 0.162. The van der Waals surface area contributed by atoms with Crippen LogP contribution in [-0.4, -0.2) is 61.3 Å². The third kappa shape index (κ3) is 3.26. The number of ether oxygens (including phenoxy) is 1. The normalized spacial score (nSPS) is 23.3. The molecule has 1 rings (SSSR count). The van der Waals surface area contributed by atoms with Crippen LogP contribution in [0.3, 0.4) is 0 Å². The second-order valence-corrected chi connectivity index (χ2v) is 3.68. The fourth-order valence-electron chi connectivity index (χ4n) is 1.60. The fourth-order valence-corrected chi connectivity index (χ4v) is 1.60. The lowest BCUT2D eigenvalue weighted by molar-refractivity contribution is -0.126. The Morgan fingerprint density at radius 2 is 2.33 bits per heavy atom. The maximum absolute atomic E-state index is 11.3. The molecule has 6 nitrogen and oxygen atoms in total. The minimum Gasteiger partial charge on any atom is -0.389 e. The van der Waals surface area contributed by atoms with Crippen LogP contribution in [0.25, 0.3) is 0 Å². The summed E-state index contributed by atoms with van der Waals surface area (Å²) in [4.78, 5) is 23.9. The summed E-state index contributed by atoms with van der Waals surface area (Å²) < 4.78 is 4.77. The van der Waals surface area contributed by atoms with Crippen LogP contribution in [-0.2, 0) is 14.3 Å². The highest BCUT2D eigenvalue weighted by Gasteiger charge is 2.34. The largest absolute Gasteiger partial charge is 0.389 e. The molecule has 0 aromatic heterocycles. The molecular weight excluding hydrogens is 200 g/mol. The van der Waals surface area contributed by atoms with Crippen molar-refractivity contribution in [2.75, 3.05) is 27.3 Å². The van der Waals surface area contributed by atoms with Crippen molar-refractivity contribution < 1.29 is 19.4 Å². The third-order valence-electron chi connectivity index (χ3n) is 2.33. The average molecular weight is 216 g/mol. The molecule has 0 aromatic rings. The van der Waals surface area contributed by atoms with Crippen LogP contribution in [0.1, 0.15) is 6.42 Å². The maximum atomic E-state index is 11.3. The molecule has 6 heteroatoms. The van der Waals surface area contributed by atoms with Gasteiger partial charge in [0.05, 0.1) is 25.2 Å². The van der Waals surface area contributed by atoms with Gasteiger partial charge < -0.3 is 9.84 Å². The molecule has 0 saturated carbocycles. The van der Waals surface area contributed by atoms with Crippen molar-refractivity contribution in [3.63, 3.8) is 0 Å². The van der Waals surface area contributed by atoms with Gasteiger partial charge in [0.2, 0.25) is 11.8 Å². The molecule has 2 unspecified atom stereocenters. The summed E-state index contributed by atoms with van der Waals surface area (Å²) in [6.07, 6.45) is -0.488. The highest BCUT2D eigenvalue weighted by Crippen LogP contribution is 2.09. The second kappa shape index (κ2) is 5.20. The number of imide groups is 1. The Morgan fingerprint density at radius 3 is 2.80 bits per heavy atom. The van der Waals surface area contributed by atoms with E-state index in [0.29, 0.717) is 6.54 Å². The third-order valence-corrected chi connectivity index (χ3v) is 2.33. The van der Waals surface area contributed by atoms with Crippen LogP contribution in [0.15, 0.2) is 0 Å². The van der Waals surface area contributed by atoms with E-state index >= 15 is 0 Å². The zero-order valence-electron chi connectivity index (χ0n) is 8.90. The van der Waals surface area contributed by atoms with Crippen molar-refractivity contribution >= 4 is 11.8 Å². The summed E-state index contributed by atoms with van der Waals surface area (Å²) in [6, 6.07) is -0.469. The number of aliphatic hydroxyl groups excluding tert-OH is 1. The predicted octanol–water partition coefficient (Wildman–Crippen LogP) is -1.66. The lowest BCUT2D eigenvalue weighted by atomic mass is 10.2. The molecule has 2 atom stereocenters. The van der Waals surface area contributed by atoms with Crippen molar-refractivity contribution in [2.45, 2.75) is 18.6 Å². The Labute approximate surface area is 88.2 Å². The quantitative estimate of drug-likeness (QED) is 0.538. The molecule has 1 fully saturated rings. The van der Waals surface area contributed by atoms with Gasteiger partial charge >= 0.3 is 0 Å². The lowest BCUT2D eigenvalue weighted by Gasteiger charge is -2.23. The monoisotopic (exact) mass is 216 g/mol. The number of aliphatic hydroxyl groups is 1. The Bertz CT molecular complexity index is 256. The molecule has 1 aliphatic rings. The van der Waals surface area contributed by atoms with Crippen LogP contribution in [0.2, 0.25) is 0 Å². The topological polar surface area (TPSA) is 78.9 Å². The number of likely N-dealkylation sites (N-methyl/N-ethyl adjacent to an activating group) is 1. The van der Waals surface area contributed by atoms with Crippen LogP contribution in [0.5, 0.6) is 0 Å². The number of methoxy groups -OCH3 is 1. The molecule has 0 aromatic carbocycles. The molecule has 2 amide bonds. The number of hydrogen-bond donors (Lipinski definition) is 2. The maximum Gasteiger partial charge on any atom is 0.244 e. The summed E-state index contributed by atoms with van der Waals surface area (Å²) in [6.45, 7) is 0.520. The Morgan fingerprint density at radius 1 is 1.67 bits per heavy atom. The van der Waals surface area contributed by atoms with Crippen LogP contribution < -0.4 is 5.32 Å². The first-order valence-electron chi connectivity index (χ1n) is 4.75. The molecule has 0 bridgehead atoms. The number of nitrogens with one attached hydrogen (secondary N) is 1. The standard InChI is InChI=1S/C9H16N2O4/c1-11(4-6(12)5-15-2)7-3-8(13)10-9(7)14/h6-7,12H,3-5H2,1-2H3,(H,10,13,14). The van der Waals surface area contributed by atoms with Gasteiger partial charge in [-0.1, -0.05) is 0 Å². The van der Waals surface area contributed by atoms with Gasteiger partial charge in [0.25, 0.3) is 0 Å². The van der Waals surface area contributed by atoms with Gasteiger partial charge in [0.15, 0.2) is 0 Å². The molecule has 15 heavy (non-hydrogen) atoms. The Hall–Kier alpha value is -0.980. The van der Waals surface area contributed by atoms with Gasteiger partial charge in [0, 0.05) is 13.7 Å². The van der Waals surface area contributed by atoms with E-state index in [1.165, 1.54) is 7.11 Å². The lowest BCUT2D eigenvalue weighted by Crippen LogP contribution is -2.42. The van der Waals surface area contributed by atoms with Crippen molar-refractivity contribution in [1.29, 1.82) is 0 Å². The van der Waals surface area contributed by atoms with Gasteiger partial charge in [0.1, 0.15) is 0 Å². The zero-order valence-corrected chi connectivity index (χ0v) is 8.90. The molecular formula is C9H16N2O4. The molecule has 0 radical (unpaired) electrons. The number of nitrogens with zero attached hydrogens (tertiary/aromatic N) is 1. The minimum atomic E-state index is -0.650. The van der Waals surface area contributed by atoms with Gasteiger partial charge in [-0.25, -0.2) is 0 Å². The van der Waals surface area contributed by atoms with Gasteiger partial charge in [-0.3, -0.25) is 19.8 Å². The van der Waals surface area contributed by atoms with E-state index in [-0.39, 0.29) is 24.8 Å². The second-order valence-electron chi connectivity index (χ2n) is 3.68. The van der Waals surface area contributed by atoms with E-state index in [0.717, 1.165) is 0 Å². The molecule has 1 aliphatic heterocycles. The zero-order chi connectivity index (χ0) is 11.4. The molecule has 86 valence electrons. The molecule has 0 aliphatic carbocycles. The number of rotatable bonds is 5. The first kappa shape index (κ1) is 12.1. The highest BCUT2D eigenvalue weighted by molar-refractivity contribution is 6.05. The number of amides is 2. The number of hydrogen-bond acceptors (Lipinski definition) is 5. The summed E-state index contributed by atoms with van der Waals surface area (Å²) in [7, 11) is 3.19. The first-order valence-corrected chi connectivity index (χ1v) is 4.75. The van der Waals surface area contributed by atoms with E-state index in [2.05, 4.69) is 5.32 Å². The van der Waals surface area contributed by atoms with Gasteiger partial charge in [-0.05, 0) is 7.05 Å². The van der Waals surface area contributed by atoms with Crippen molar-refractivity contribution in [3.8, 4) is 0 Å². The van der Waals surface area contributed by atoms with E-state index in [1.807, 2.05) is 0 Å². The predicted molar refractivity (Wildman–Crippen MR) is 52.1 cm³/mol. The Balaban J connectivity index is 2.43. The van der Waals surface area contributed by atoms with Crippen LogP contribution in [0, 0.1) is 0 Å². The van der Waals surface area contributed by atoms with E-state index in [1.54, 1.807) is 11.9 Å². The molecule has 1 heterocycles. The smallest absolute Gasteiger partial charge is 0.244 e. The van der Waals surface area contributed by atoms with Crippen LogP contribution in [0.4, 0.5) is 0 Å².